The maximum absolute atomic E-state index is 13.8. The molecule has 1 fully saturated rings. The number of imide groups is 1. The number of benzene rings is 2. The van der Waals surface area contributed by atoms with Crippen LogP contribution >= 0.6 is 23.1 Å². The summed E-state index contributed by atoms with van der Waals surface area (Å²) in [7, 11) is 1.54. The number of nitrogens with one attached hydrogen (secondary N) is 1. The average molecular weight is 562 g/mol. The lowest BCUT2D eigenvalue weighted by Crippen LogP contribution is -2.32. The largest absolute Gasteiger partial charge is 0.497 e. The molecule has 2 aliphatic heterocycles. The number of amides is 3. The number of carbonyl (C=O) groups excluding carboxylic acids is 3. The summed E-state index contributed by atoms with van der Waals surface area (Å²) in [5.74, 6) is -1.42. The van der Waals surface area contributed by atoms with Gasteiger partial charge in [-0.05, 0) is 55.5 Å². The van der Waals surface area contributed by atoms with E-state index >= 15 is 0 Å². The molecule has 4 aromatic rings. The van der Waals surface area contributed by atoms with E-state index in [2.05, 4.69) is 5.32 Å². The van der Waals surface area contributed by atoms with Crippen LogP contribution in [0.5, 0.6) is 5.75 Å². The van der Waals surface area contributed by atoms with E-state index in [1.807, 2.05) is 19.1 Å². The third-order valence-corrected chi connectivity index (χ3v) is 9.47. The Morgan fingerprint density at radius 3 is 2.44 bits per heavy atom. The topological polar surface area (TPSA) is 111 Å². The molecule has 0 saturated carbocycles. The lowest BCUT2D eigenvalue weighted by Gasteiger charge is -2.29. The van der Waals surface area contributed by atoms with Gasteiger partial charge in [0, 0.05) is 5.69 Å². The van der Waals surface area contributed by atoms with Crippen molar-refractivity contribution in [1.82, 2.24) is 4.57 Å². The molecule has 4 heterocycles. The van der Waals surface area contributed by atoms with Crippen LogP contribution in [0.2, 0.25) is 0 Å². The summed E-state index contributed by atoms with van der Waals surface area (Å²) in [5.41, 5.74) is 2.12. The number of hydrogen-bond acceptors (Lipinski definition) is 8. The first-order valence-corrected chi connectivity index (χ1v) is 13.9. The van der Waals surface area contributed by atoms with Crippen LogP contribution in [0.3, 0.4) is 0 Å². The number of ether oxygens (including phenoxy) is 1. The molecule has 6 rings (SSSR count). The van der Waals surface area contributed by atoms with Crippen molar-refractivity contribution in [2.24, 2.45) is 5.92 Å². The van der Waals surface area contributed by atoms with Crippen LogP contribution in [0.25, 0.3) is 0 Å². The zero-order valence-corrected chi connectivity index (χ0v) is 22.6. The van der Waals surface area contributed by atoms with Crippen molar-refractivity contribution in [2.45, 2.75) is 29.7 Å². The summed E-state index contributed by atoms with van der Waals surface area (Å²) in [5, 5.41) is 2.53. The number of aromatic nitrogens is 1. The number of thiazole rings is 1. The van der Waals surface area contributed by atoms with Crippen molar-refractivity contribution in [3.8, 4) is 5.75 Å². The van der Waals surface area contributed by atoms with E-state index in [-0.39, 0.29) is 29.1 Å². The summed E-state index contributed by atoms with van der Waals surface area (Å²) in [6, 6.07) is 17.5. The molecule has 2 aliphatic rings. The molecule has 39 heavy (non-hydrogen) atoms. The van der Waals surface area contributed by atoms with Gasteiger partial charge in [0.1, 0.15) is 23.3 Å². The van der Waals surface area contributed by atoms with Gasteiger partial charge in [-0.25, -0.2) is 4.90 Å². The molecule has 0 spiro atoms. The molecule has 0 bridgehead atoms. The Balaban J connectivity index is 1.36. The highest BCUT2D eigenvalue weighted by atomic mass is 32.2. The first-order valence-electron chi connectivity index (χ1n) is 12.2. The highest BCUT2D eigenvalue weighted by Crippen LogP contribution is 2.54. The molecule has 0 aliphatic carbocycles. The predicted octanol–water partition coefficient (Wildman–Crippen LogP) is 4.25. The summed E-state index contributed by atoms with van der Waals surface area (Å²) < 4.78 is 12.3. The molecule has 198 valence electrons. The Morgan fingerprint density at radius 2 is 1.77 bits per heavy atom. The second-order valence-corrected chi connectivity index (χ2v) is 11.4. The minimum absolute atomic E-state index is 0.224. The lowest BCUT2D eigenvalue weighted by atomic mass is 9.87. The van der Waals surface area contributed by atoms with Crippen LogP contribution in [0.15, 0.2) is 81.2 Å². The molecule has 2 aromatic carbocycles. The SMILES string of the molecule is COc1ccc(N2C(=O)[C@H]3[C@H](c4ccco4)c4sc(=O)n(CC(=O)Nc5ccc(C)cc5)c4S[C@H]3C2=O)cc1. The third-order valence-electron chi connectivity index (χ3n) is 6.87. The third kappa shape index (κ3) is 4.37. The number of aryl methyl sites for hydroxylation is 1. The molecule has 2 aromatic heterocycles. The number of nitrogens with zero attached hydrogens (tertiary/aromatic N) is 2. The van der Waals surface area contributed by atoms with E-state index < -0.39 is 17.1 Å². The van der Waals surface area contributed by atoms with E-state index in [0.717, 1.165) is 28.7 Å². The lowest BCUT2D eigenvalue weighted by molar-refractivity contribution is -0.122. The van der Waals surface area contributed by atoms with E-state index in [9.17, 15) is 19.2 Å². The van der Waals surface area contributed by atoms with Crippen LogP contribution < -0.4 is 19.8 Å². The van der Waals surface area contributed by atoms with Crippen molar-refractivity contribution in [3.05, 3.63) is 92.8 Å². The maximum atomic E-state index is 13.8. The average Bonchev–Trinajstić information content (AvgIpc) is 3.63. The van der Waals surface area contributed by atoms with Gasteiger partial charge in [0.25, 0.3) is 0 Å². The number of anilines is 2. The van der Waals surface area contributed by atoms with Crippen molar-refractivity contribution >= 4 is 52.2 Å². The molecule has 0 unspecified atom stereocenters. The van der Waals surface area contributed by atoms with Gasteiger partial charge in [-0.3, -0.25) is 23.7 Å². The molecule has 0 radical (unpaired) electrons. The number of rotatable bonds is 6. The summed E-state index contributed by atoms with van der Waals surface area (Å²) in [6.07, 6.45) is 1.50. The van der Waals surface area contributed by atoms with Crippen LogP contribution in [-0.2, 0) is 20.9 Å². The van der Waals surface area contributed by atoms with Crippen molar-refractivity contribution < 1.29 is 23.5 Å². The Hall–Kier alpha value is -4.09. The van der Waals surface area contributed by atoms with Gasteiger partial charge in [0.2, 0.25) is 17.7 Å². The van der Waals surface area contributed by atoms with Crippen LogP contribution in [0, 0.1) is 12.8 Å². The van der Waals surface area contributed by atoms with Crippen molar-refractivity contribution in [3.63, 3.8) is 0 Å². The second kappa shape index (κ2) is 9.90. The molecular formula is C28H23N3O6S2. The second-order valence-electron chi connectivity index (χ2n) is 9.30. The minimum atomic E-state index is -0.789. The van der Waals surface area contributed by atoms with Crippen molar-refractivity contribution in [1.29, 1.82) is 0 Å². The Kier molecular flexibility index (Phi) is 6.40. The molecule has 1 saturated heterocycles. The fraction of sp³-hybridized carbons (Fsp3) is 0.214. The van der Waals surface area contributed by atoms with E-state index in [1.165, 1.54) is 15.7 Å². The van der Waals surface area contributed by atoms with Gasteiger partial charge < -0.3 is 14.5 Å². The maximum Gasteiger partial charge on any atom is 0.308 e. The van der Waals surface area contributed by atoms with Crippen molar-refractivity contribution in [2.75, 3.05) is 17.3 Å². The first kappa shape index (κ1) is 25.2. The van der Waals surface area contributed by atoms with E-state index in [0.29, 0.717) is 32.8 Å². The number of hydrogen-bond donors (Lipinski definition) is 1. The van der Waals surface area contributed by atoms with E-state index in [1.54, 1.807) is 55.6 Å². The van der Waals surface area contributed by atoms with Crippen LogP contribution in [-0.4, -0.2) is 34.6 Å². The van der Waals surface area contributed by atoms with Gasteiger partial charge in [-0.15, -0.1) is 0 Å². The molecular weight excluding hydrogens is 538 g/mol. The standard InChI is InChI=1S/C28H23N3O6S2/c1-15-5-7-16(8-6-15)29-20(32)14-30-27-24(39-28(30)35)21(19-4-3-13-37-19)22-23(38-27)26(34)31(25(22)33)17-9-11-18(36-2)12-10-17/h3-13,21-23H,14H2,1-2H3,(H,29,32)/t21-,22-,23+/m0/s1. The van der Waals surface area contributed by atoms with Gasteiger partial charge in [-0.2, -0.15) is 0 Å². The number of thioether (sulfide) groups is 1. The fourth-order valence-corrected chi connectivity index (χ4v) is 7.75. The molecule has 3 atom stereocenters. The molecule has 11 heteroatoms. The van der Waals surface area contributed by atoms with E-state index in [4.69, 9.17) is 9.15 Å². The minimum Gasteiger partial charge on any atom is -0.497 e. The number of methoxy groups -OCH3 is 1. The Morgan fingerprint density at radius 1 is 1.03 bits per heavy atom. The first-order chi connectivity index (χ1) is 18.9. The van der Waals surface area contributed by atoms with Gasteiger partial charge in [-0.1, -0.05) is 40.8 Å². The number of fused-ring (bicyclic) bond motifs is 2. The highest BCUT2D eigenvalue weighted by molar-refractivity contribution is 8.00. The van der Waals surface area contributed by atoms with Gasteiger partial charge in [0.05, 0.1) is 40.8 Å². The Labute approximate surface area is 231 Å². The zero-order valence-electron chi connectivity index (χ0n) is 21.0. The summed E-state index contributed by atoms with van der Waals surface area (Å²) >= 11 is 2.13. The molecule has 9 nitrogen and oxygen atoms in total. The zero-order chi connectivity index (χ0) is 27.3. The number of carbonyl (C=O) groups is 3. The van der Waals surface area contributed by atoms with Gasteiger partial charge >= 0.3 is 4.87 Å². The molecule has 3 amide bonds. The summed E-state index contributed by atoms with van der Waals surface area (Å²) in [4.78, 5) is 55.0. The summed E-state index contributed by atoms with van der Waals surface area (Å²) in [6.45, 7) is 1.73. The van der Waals surface area contributed by atoms with Gasteiger partial charge in [0.15, 0.2) is 0 Å². The van der Waals surface area contributed by atoms with Crippen LogP contribution in [0.4, 0.5) is 11.4 Å². The monoisotopic (exact) mass is 561 g/mol. The molecule has 1 N–H and O–H groups in total. The quantitative estimate of drug-likeness (QED) is 0.350. The number of furan rings is 1. The smallest absolute Gasteiger partial charge is 0.308 e. The fourth-order valence-electron chi connectivity index (χ4n) is 5.00. The normalized spacial score (nSPS) is 20.1. The van der Waals surface area contributed by atoms with Crippen LogP contribution in [0.1, 0.15) is 22.1 Å². The predicted molar refractivity (Wildman–Crippen MR) is 148 cm³/mol. The highest BCUT2D eigenvalue weighted by Gasteiger charge is 2.57. The Bertz CT molecular complexity index is 1620.